The topological polar surface area (TPSA) is 714 Å². The van der Waals surface area contributed by atoms with Crippen molar-refractivity contribution in [3.05, 3.63) is 108 Å². The Bertz CT molecular complexity index is 2780. The number of H-pyrrole nitrogens is 2. The Balaban J connectivity index is -0.000000995. The number of rotatable bonds is 30. The number of carboxylic acids is 8. The molecule has 0 fully saturated rings. The lowest BCUT2D eigenvalue weighted by molar-refractivity contribution is -0.139. The Morgan fingerprint density at radius 1 is 0.402 bits per heavy atom. The molecule has 0 aliphatic carbocycles. The first-order valence-corrected chi connectivity index (χ1v) is 28.7. The van der Waals surface area contributed by atoms with Crippen LogP contribution < -0.4 is 79.4 Å². The molecule has 516 valence electrons. The molecule has 38 N–H and O–H groups in total. The van der Waals surface area contributed by atoms with E-state index < -0.39 is 96.1 Å². The van der Waals surface area contributed by atoms with Gasteiger partial charge >= 0.3 is 47.8 Å². The van der Waals surface area contributed by atoms with E-state index in [0.29, 0.717) is 84.0 Å². The highest BCUT2D eigenvalue weighted by molar-refractivity contribution is 5.85. The number of aliphatic carboxylic acids is 8. The molecule has 8 atom stereocenters. The Kier molecular flexibility index (Phi) is 48.5. The fourth-order valence-corrected chi connectivity index (χ4v) is 6.81. The zero-order valence-electron chi connectivity index (χ0n) is 51.6. The van der Waals surface area contributed by atoms with Crippen LogP contribution in [0.3, 0.4) is 0 Å². The number of carbonyl (C=O) groups is 8. The first-order valence-electron chi connectivity index (χ1n) is 28.7. The second-order valence-corrected chi connectivity index (χ2v) is 20.1. The molecule has 2 heterocycles. The van der Waals surface area contributed by atoms with E-state index in [2.05, 4.69) is 20.6 Å². The van der Waals surface area contributed by atoms with Crippen LogP contribution in [0.25, 0.3) is 21.8 Å². The summed E-state index contributed by atoms with van der Waals surface area (Å²) in [6, 6.07) is 18.6. The van der Waals surface area contributed by atoms with Gasteiger partial charge in [-0.1, -0.05) is 79.6 Å². The van der Waals surface area contributed by atoms with Gasteiger partial charge < -0.3 is 130 Å². The molecule has 5 aromatic rings. The van der Waals surface area contributed by atoms with Crippen molar-refractivity contribution in [3.8, 4) is 0 Å². The SMILES string of the molecule is C[C@H](N)C(=O)O.N=C(N)NCCC[C@H](N)C(=O)O.N=C(N)NCCC[C@H](N)C(=O)O.NCCCC[C@H](N)C(=O)O.NCCCC[C@H](N)C(=O)O.N[C@@H](Cc1c[nH]c2ccccc12)C(=O)O.N[C@@H](Cc1c[nH]c2ccccc12)C(=O)O.N[C@@H](Cc1ccccc1)C(=O)O. The lowest BCUT2D eigenvalue weighted by Gasteiger charge is -2.06. The molecular weight excluding hydrogens is 1200 g/mol. The van der Waals surface area contributed by atoms with Gasteiger partial charge in [-0.2, -0.15) is 0 Å². The minimum Gasteiger partial charge on any atom is -0.480 e. The van der Waals surface area contributed by atoms with Crippen molar-refractivity contribution < 1.29 is 79.2 Å². The average molecular weight is 1300 g/mol. The molecule has 5 rings (SSSR count). The van der Waals surface area contributed by atoms with E-state index in [1.54, 1.807) is 0 Å². The van der Waals surface area contributed by atoms with Crippen LogP contribution in [0, 0.1) is 10.8 Å². The lowest BCUT2D eigenvalue weighted by atomic mass is 10.1. The fraction of sp³-hybridized carbons (Fsp3) is 0.448. The molecule has 0 bridgehead atoms. The van der Waals surface area contributed by atoms with Crippen LogP contribution in [0.15, 0.2) is 91.3 Å². The molecule has 0 spiro atoms. The third-order valence-corrected chi connectivity index (χ3v) is 12.1. The van der Waals surface area contributed by atoms with Gasteiger partial charge in [0.1, 0.15) is 48.3 Å². The average Bonchev–Trinajstić information content (AvgIpc) is 1.71. The summed E-state index contributed by atoms with van der Waals surface area (Å²) in [5, 5.41) is 88.0. The summed E-state index contributed by atoms with van der Waals surface area (Å²) < 4.78 is 0. The van der Waals surface area contributed by atoms with E-state index in [1.807, 2.05) is 91.3 Å². The lowest BCUT2D eigenvalue weighted by Crippen LogP contribution is -2.34. The Morgan fingerprint density at radius 3 is 0.946 bits per heavy atom. The minimum atomic E-state index is -1.00. The van der Waals surface area contributed by atoms with E-state index in [4.69, 9.17) is 120 Å². The summed E-state index contributed by atoms with van der Waals surface area (Å²) in [5.41, 5.74) is 67.3. The van der Waals surface area contributed by atoms with Crippen molar-refractivity contribution in [3.63, 3.8) is 0 Å². The molecule has 0 unspecified atom stereocenters. The van der Waals surface area contributed by atoms with Gasteiger partial charge in [0, 0.05) is 60.1 Å². The number of guanidine groups is 2. The van der Waals surface area contributed by atoms with Crippen molar-refractivity contribution >= 4 is 81.5 Å². The van der Waals surface area contributed by atoms with Crippen LogP contribution in [0.2, 0.25) is 0 Å². The first kappa shape index (κ1) is 86.8. The van der Waals surface area contributed by atoms with Gasteiger partial charge in [-0.25, -0.2) is 0 Å². The monoisotopic (exact) mass is 1300 g/mol. The molecule has 0 saturated heterocycles. The van der Waals surface area contributed by atoms with E-state index in [1.165, 1.54) is 6.92 Å². The third kappa shape index (κ3) is 45.0. The summed E-state index contributed by atoms with van der Waals surface area (Å²) in [4.78, 5) is 88.1. The molecule has 3 aromatic carbocycles. The predicted octanol–water partition coefficient (Wildman–Crippen LogP) is -1.32. The molecule has 0 saturated carbocycles. The summed E-state index contributed by atoms with van der Waals surface area (Å²) in [5.74, 6) is -7.96. The van der Waals surface area contributed by atoms with Gasteiger partial charge in [0.05, 0.1) is 0 Å². The Morgan fingerprint density at radius 2 is 0.674 bits per heavy atom. The number of fused-ring (bicyclic) bond motifs is 2. The Labute approximate surface area is 532 Å². The number of benzene rings is 3. The molecule has 0 radical (unpaired) electrons. The van der Waals surface area contributed by atoms with Crippen molar-refractivity contribution in [2.24, 2.45) is 68.8 Å². The normalized spacial score (nSPS) is 12.7. The third-order valence-electron chi connectivity index (χ3n) is 12.1. The van der Waals surface area contributed by atoms with E-state index in [-0.39, 0.29) is 11.9 Å². The van der Waals surface area contributed by atoms with Gasteiger partial charge in [-0.05, 0) is 107 Å². The van der Waals surface area contributed by atoms with E-state index in [9.17, 15) is 38.4 Å². The van der Waals surface area contributed by atoms with Crippen LogP contribution in [-0.2, 0) is 57.6 Å². The van der Waals surface area contributed by atoms with E-state index >= 15 is 0 Å². The van der Waals surface area contributed by atoms with Gasteiger partial charge in [-0.3, -0.25) is 49.2 Å². The number of carboxylic acid groups (broad SMARTS) is 8. The van der Waals surface area contributed by atoms with Gasteiger partial charge in [-0.15, -0.1) is 0 Å². The quantitative estimate of drug-likeness (QED) is 0.0144. The number of nitrogens with one attached hydrogen (secondary N) is 6. The van der Waals surface area contributed by atoms with Crippen LogP contribution in [0.4, 0.5) is 0 Å². The summed E-state index contributed by atoms with van der Waals surface area (Å²) in [7, 11) is 0. The largest absolute Gasteiger partial charge is 0.480 e. The highest BCUT2D eigenvalue weighted by Gasteiger charge is 2.17. The standard InChI is InChI=1S/2C11H12N2O2.C9H11NO2.2C6H14N4O2.2C6H14N2O2.C3H7NO2/c2*12-9(11(14)15)5-7-6-13-10-4-2-1-3-8(7)10;10-8(9(11)12)6-7-4-2-1-3-5-7;2*7-4(5(11)12)2-1-3-10-6(8)9;2*7-4-2-1-3-5(8)6(9)10;1-2(4)3(5)6/h2*1-4,6,9,13H,5,12H2,(H,14,15);1-5,8H,6,10H2,(H,11,12);2*4H,1-3,7H2,(H,11,12)(H4,8,9,10);2*5H,1-4,7-8H2,(H,9,10);2H,4H2,1H3,(H,5,6)/t2*9-;8-;2*4-;2*5-;2-/m00000000/s1. The summed E-state index contributed by atoms with van der Waals surface area (Å²) in [6.07, 6.45) is 11.0. The minimum absolute atomic E-state index is 0.112. The summed E-state index contributed by atoms with van der Waals surface area (Å²) >= 11 is 0. The number of aromatic amines is 2. The van der Waals surface area contributed by atoms with Gasteiger partial charge in [0.25, 0.3) is 0 Å². The molecule has 0 amide bonds. The number of para-hydroxylation sites is 2. The number of hydrogen-bond acceptors (Lipinski definition) is 20. The fourth-order valence-electron chi connectivity index (χ4n) is 6.81. The second-order valence-electron chi connectivity index (χ2n) is 20.1. The number of unbranched alkanes of at least 4 members (excludes halogenated alkanes) is 2. The molecule has 2 aromatic heterocycles. The van der Waals surface area contributed by atoms with Crippen LogP contribution in [-0.4, -0.2) is 185 Å². The number of hydrogen-bond donors (Lipinski definition) is 26. The second kappa shape index (κ2) is 51.4. The Hall–Kier alpha value is -9.36. The summed E-state index contributed by atoms with van der Waals surface area (Å²) in [6.45, 7) is 3.59. The molecule has 34 nitrogen and oxygen atoms in total. The van der Waals surface area contributed by atoms with Crippen LogP contribution in [0.5, 0.6) is 0 Å². The maximum Gasteiger partial charge on any atom is 0.320 e. The van der Waals surface area contributed by atoms with Crippen molar-refractivity contribution in [2.45, 2.75) is 139 Å². The zero-order chi connectivity index (χ0) is 70.9. The van der Waals surface area contributed by atoms with Gasteiger partial charge in [0.2, 0.25) is 0 Å². The number of aromatic nitrogens is 2. The highest BCUT2D eigenvalue weighted by atomic mass is 16.4. The van der Waals surface area contributed by atoms with Crippen molar-refractivity contribution in [1.29, 1.82) is 10.8 Å². The molecule has 92 heavy (non-hydrogen) atoms. The van der Waals surface area contributed by atoms with Crippen LogP contribution >= 0.6 is 0 Å². The molecule has 34 heteroatoms. The van der Waals surface area contributed by atoms with Crippen molar-refractivity contribution in [2.75, 3.05) is 26.2 Å². The maximum absolute atomic E-state index is 10.6. The van der Waals surface area contributed by atoms with Crippen LogP contribution in [0.1, 0.15) is 87.8 Å². The van der Waals surface area contributed by atoms with E-state index in [0.717, 1.165) is 64.2 Å². The smallest absolute Gasteiger partial charge is 0.320 e. The molecular formula is C58H98N18O16. The molecule has 0 aliphatic heterocycles. The number of nitrogens with two attached hydrogens (primary N) is 12. The predicted molar refractivity (Wildman–Crippen MR) is 349 cm³/mol. The van der Waals surface area contributed by atoms with Crippen molar-refractivity contribution in [1.82, 2.24) is 20.6 Å². The first-order chi connectivity index (χ1) is 43.1. The zero-order valence-corrected chi connectivity index (χ0v) is 51.6. The van der Waals surface area contributed by atoms with Gasteiger partial charge in [0.15, 0.2) is 11.9 Å². The molecule has 0 aliphatic rings. The highest BCUT2D eigenvalue weighted by Crippen LogP contribution is 2.20. The maximum atomic E-state index is 10.6.